The van der Waals surface area contributed by atoms with Gasteiger partial charge in [0.15, 0.2) is 5.82 Å². The van der Waals surface area contributed by atoms with Gasteiger partial charge in [-0.3, -0.25) is 0 Å². The molecule has 0 radical (unpaired) electrons. The lowest BCUT2D eigenvalue weighted by atomic mass is 9.83. The van der Waals surface area contributed by atoms with Crippen LogP contribution in [-0.4, -0.2) is 23.2 Å². The molecule has 1 aromatic rings. The third kappa shape index (κ3) is 2.07. The molecule has 18 heavy (non-hydrogen) atoms. The lowest BCUT2D eigenvalue weighted by Crippen LogP contribution is -2.27. The van der Waals surface area contributed by atoms with Crippen LogP contribution in [0.25, 0.3) is 0 Å². The number of aromatic nitrogens is 2. The van der Waals surface area contributed by atoms with Crippen molar-refractivity contribution < 1.29 is 4.52 Å². The fourth-order valence-electron chi connectivity index (χ4n) is 3.47. The van der Waals surface area contributed by atoms with E-state index in [2.05, 4.69) is 17.4 Å². The highest BCUT2D eigenvalue weighted by molar-refractivity contribution is 5.09. The molecule has 1 aliphatic heterocycles. The van der Waals surface area contributed by atoms with Gasteiger partial charge in [-0.15, -0.1) is 0 Å². The van der Waals surface area contributed by atoms with Gasteiger partial charge in [-0.1, -0.05) is 24.9 Å². The predicted octanol–water partition coefficient (Wildman–Crippen LogP) is 2.76. The Morgan fingerprint density at radius 2 is 2.00 bits per heavy atom. The summed E-state index contributed by atoms with van der Waals surface area (Å²) >= 11 is 0. The summed E-state index contributed by atoms with van der Waals surface area (Å²) in [4.78, 5) is 4.75. The predicted molar refractivity (Wildman–Crippen MR) is 69.6 cm³/mol. The summed E-state index contributed by atoms with van der Waals surface area (Å²) in [5.41, 5.74) is 0.193. The van der Waals surface area contributed by atoms with E-state index in [9.17, 15) is 0 Å². The molecule has 2 fully saturated rings. The zero-order chi connectivity index (χ0) is 12.4. The molecule has 0 aromatic carbocycles. The summed E-state index contributed by atoms with van der Waals surface area (Å²) < 4.78 is 5.61. The smallest absolute Gasteiger partial charge is 0.232 e. The van der Waals surface area contributed by atoms with Gasteiger partial charge in [0.1, 0.15) is 0 Å². The van der Waals surface area contributed by atoms with Crippen molar-refractivity contribution in [3.8, 4) is 0 Å². The molecule has 0 spiro atoms. The molecular weight excluding hydrogens is 226 g/mol. The number of piperidine rings is 1. The highest BCUT2D eigenvalue weighted by Crippen LogP contribution is 2.43. The second-order valence-corrected chi connectivity index (χ2v) is 5.82. The Bertz CT molecular complexity index is 389. The Labute approximate surface area is 109 Å². The molecule has 1 saturated carbocycles. The average Bonchev–Trinajstić information content (AvgIpc) is 3.09. The topological polar surface area (TPSA) is 51.0 Å². The summed E-state index contributed by atoms with van der Waals surface area (Å²) in [7, 11) is 0. The van der Waals surface area contributed by atoms with E-state index in [0.29, 0.717) is 5.92 Å². The van der Waals surface area contributed by atoms with Crippen LogP contribution in [0.15, 0.2) is 4.52 Å². The standard InChI is InChI=1S/C14H23N3O/c1-2-14(7-3-4-8-14)13-16-12(17-18-13)11-5-9-15-10-6-11/h11,15H,2-10H2,1H3. The molecule has 1 aromatic heterocycles. The van der Waals surface area contributed by atoms with E-state index in [0.717, 1.165) is 44.1 Å². The summed E-state index contributed by atoms with van der Waals surface area (Å²) in [5, 5.41) is 7.64. The van der Waals surface area contributed by atoms with E-state index in [1.54, 1.807) is 0 Å². The van der Waals surface area contributed by atoms with Crippen molar-refractivity contribution in [2.24, 2.45) is 0 Å². The Balaban J connectivity index is 1.79. The minimum Gasteiger partial charge on any atom is -0.339 e. The fourth-order valence-corrected chi connectivity index (χ4v) is 3.47. The number of hydrogen-bond donors (Lipinski definition) is 1. The van der Waals surface area contributed by atoms with E-state index < -0.39 is 0 Å². The van der Waals surface area contributed by atoms with E-state index in [1.165, 1.54) is 25.7 Å². The first kappa shape index (κ1) is 12.2. The van der Waals surface area contributed by atoms with Crippen LogP contribution in [0.3, 0.4) is 0 Å². The molecule has 1 saturated heterocycles. The van der Waals surface area contributed by atoms with Crippen LogP contribution in [0.2, 0.25) is 0 Å². The lowest BCUT2D eigenvalue weighted by molar-refractivity contribution is 0.270. The molecule has 2 aliphatic rings. The second-order valence-electron chi connectivity index (χ2n) is 5.82. The van der Waals surface area contributed by atoms with Crippen molar-refractivity contribution >= 4 is 0 Å². The van der Waals surface area contributed by atoms with Crippen LogP contribution in [0.4, 0.5) is 0 Å². The molecule has 2 heterocycles. The van der Waals surface area contributed by atoms with E-state index in [4.69, 9.17) is 9.51 Å². The number of rotatable bonds is 3. The first-order chi connectivity index (χ1) is 8.84. The molecule has 1 N–H and O–H groups in total. The van der Waals surface area contributed by atoms with Gasteiger partial charge in [0.05, 0.1) is 0 Å². The van der Waals surface area contributed by atoms with Gasteiger partial charge in [0.25, 0.3) is 0 Å². The second kappa shape index (κ2) is 5.00. The quantitative estimate of drug-likeness (QED) is 0.895. The Hall–Kier alpha value is -0.900. The van der Waals surface area contributed by atoms with E-state index in [-0.39, 0.29) is 5.41 Å². The molecule has 0 unspecified atom stereocenters. The molecule has 1 aliphatic carbocycles. The molecule has 0 amide bonds. The first-order valence-electron chi connectivity index (χ1n) is 7.39. The summed E-state index contributed by atoms with van der Waals surface area (Å²) in [5.74, 6) is 2.36. The van der Waals surface area contributed by atoms with Crippen LogP contribution in [0.5, 0.6) is 0 Å². The molecule has 0 atom stereocenters. The summed E-state index contributed by atoms with van der Waals surface area (Å²) in [6, 6.07) is 0. The molecule has 4 heteroatoms. The molecule has 0 bridgehead atoms. The Morgan fingerprint density at radius 3 is 2.67 bits per heavy atom. The van der Waals surface area contributed by atoms with Gasteiger partial charge in [-0.25, -0.2) is 0 Å². The van der Waals surface area contributed by atoms with Gasteiger partial charge in [0.2, 0.25) is 5.89 Å². The molecule has 100 valence electrons. The summed E-state index contributed by atoms with van der Waals surface area (Å²) in [6.07, 6.45) is 8.45. The van der Waals surface area contributed by atoms with Crippen molar-refractivity contribution in [2.75, 3.05) is 13.1 Å². The highest BCUT2D eigenvalue weighted by atomic mass is 16.5. The lowest BCUT2D eigenvalue weighted by Gasteiger charge is -2.22. The zero-order valence-electron chi connectivity index (χ0n) is 11.2. The normalized spacial score (nSPS) is 24.5. The fraction of sp³-hybridized carbons (Fsp3) is 0.857. The van der Waals surface area contributed by atoms with Crippen molar-refractivity contribution in [3.63, 3.8) is 0 Å². The minimum absolute atomic E-state index is 0.193. The minimum atomic E-state index is 0.193. The Kier molecular flexibility index (Phi) is 3.37. The van der Waals surface area contributed by atoms with Crippen LogP contribution in [-0.2, 0) is 5.41 Å². The van der Waals surface area contributed by atoms with Gasteiger partial charge in [-0.05, 0) is 45.2 Å². The monoisotopic (exact) mass is 249 g/mol. The maximum Gasteiger partial charge on any atom is 0.232 e. The Morgan fingerprint density at radius 1 is 1.28 bits per heavy atom. The van der Waals surface area contributed by atoms with E-state index in [1.807, 2.05) is 0 Å². The van der Waals surface area contributed by atoms with Crippen LogP contribution >= 0.6 is 0 Å². The van der Waals surface area contributed by atoms with Gasteiger partial charge in [-0.2, -0.15) is 4.98 Å². The maximum absolute atomic E-state index is 5.61. The van der Waals surface area contributed by atoms with Crippen molar-refractivity contribution in [1.29, 1.82) is 0 Å². The van der Waals surface area contributed by atoms with Crippen LogP contribution < -0.4 is 5.32 Å². The molecule has 4 nitrogen and oxygen atoms in total. The van der Waals surface area contributed by atoms with Crippen LogP contribution in [0, 0.1) is 0 Å². The largest absolute Gasteiger partial charge is 0.339 e. The average molecular weight is 249 g/mol. The SMILES string of the molecule is CCC1(c2nc(C3CCNCC3)no2)CCCC1. The number of hydrogen-bond acceptors (Lipinski definition) is 4. The third-order valence-corrected chi connectivity index (χ3v) is 4.84. The van der Waals surface area contributed by atoms with Crippen molar-refractivity contribution in [2.45, 2.75) is 63.2 Å². The van der Waals surface area contributed by atoms with Gasteiger partial charge >= 0.3 is 0 Å². The van der Waals surface area contributed by atoms with Crippen LogP contribution in [0.1, 0.15) is 69.5 Å². The first-order valence-corrected chi connectivity index (χ1v) is 7.39. The van der Waals surface area contributed by atoms with E-state index >= 15 is 0 Å². The third-order valence-electron chi connectivity index (χ3n) is 4.84. The highest BCUT2D eigenvalue weighted by Gasteiger charge is 2.39. The van der Waals surface area contributed by atoms with Gasteiger partial charge < -0.3 is 9.84 Å². The molecular formula is C14H23N3O. The number of nitrogens with one attached hydrogen (secondary N) is 1. The zero-order valence-corrected chi connectivity index (χ0v) is 11.2. The van der Waals surface area contributed by atoms with Crippen molar-refractivity contribution in [3.05, 3.63) is 11.7 Å². The number of nitrogens with zero attached hydrogens (tertiary/aromatic N) is 2. The maximum atomic E-state index is 5.61. The molecule has 3 rings (SSSR count). The van der Waals surface area contributed by atoms with Crippen molar-refractivity contribution in [1.82, 2.24) is 15.5 Å². The van der Waals surface area contributed by atoms with Gasteiger partial charge in [0, 0.05) is 11.3 Å². The summed E-state index contributed by atoms with van der Waals surface area (Å²) in [6.45, 7) is 4.40.